The average molecular weight is 269 g/mol. The fourth-order valence-electron chi connectivity index (χ4n) is 1.51. The molecule has 0 radical (unpaired) electrons. The van der Waals surface area contributed by atoms with Crippen molar-refractivity contribution in [3.05, 3.63) is 6.92 Å². The van der Waals surface area contributed by atoms with E-state index in [2.05, 4.69) is 6.92 Å². The summed E-state index contributed by atoms with van der Waals surface area (Å²) in [5.74, 6) is 0.837. The number of unbranched alkanes of at least 4 members (excludes halogenated alkanes) is 9. The molecule has 0 aromatic heterocycles. The van der Waals surface area contributed by atoms with Crippen LogP contribution < -0.4 is 0 Å². The van der Waals surface area contributed by atoms with Gasteiger partial charge in [0.1, 0.15) is 0 Å². The largest absolute Gasteiger partial charge is 0.343 e. The van der Waals surface area contributed by atoms with Gasteiger partial charge in [-0.15, -0.1) is 11.6 Å². The van der Waals surface area contributed by atoms with Gasteiger partial charge in [-0.05, 0) is 6.42 Å². The molecule has 0 aliphatic rings. The first-order valence-corrected chi connectivity index (χ1v) is 6.30. The molecular formula is C12H24ClZn-. The fraction of sp³-hybridized carbons (Fsp3) is 0.917. The summed E-state index contributed by atoms with van der Waals surface area (Å²) in [5, 5.41) is 0. The van der Waals surface area contributed by atoms with Gasteiger partial charge in [-0.25, -0.2) is 0 Å². The number of hydrogen-bond donors (Lipinski definition) is 0. The van der Waals surface area contributed by atoms with Gasteiger partial charge in [0, 0.05) is 25.4 Å². The maximum Gasteiger partial charge on any atom is 0.0223 e. The Hall–Kier alpha value is 0.913. The third-order valence-corrected chi connectivity index (χ3v) is 2.65. The van der Waals surface area contributed by atoms with Gasteiger partial charge in [0.2, 0.25) is 0 Å². The van der Waals surface area contributed by atoms with E-state index in [0.29, 0.717) is 0 Å². The molecule has 0 fully saturated rings. The van der Waals surface area contributed by atoms with Gasteiger partial charge >= 0.3 is 0 Å². The summed E-state index contributed by atoms with van der Waals surface area (Å²) in [7, 11) is 0. The summed E-state index contributed by atoms with van der Waals surface area (Å²) >= 11 is 5.59. The normalized spacial score (nSPS) is 9.86. The molecule has 0 amide bonds. The Balaban J connectivity index is 0. The Bertz CT molecular complexity index is 76.4. The van der Waals surface area contributed by atoms with Crippen LogP contribution in [0.15, 0.2) is 0 Å². The van der Waals surface area contributed by atoms with E-state index >= 15 is 0 Å². The predicted molar refractivity (Wildman–Crippen MR) is 62.2 cm³/mol. The third kappa shape index (κ3) is 15.4. The summed E-state index contributed by atoms with van der Waals surface area (Å²) in [6, 6.07) is 0. The molecule has 0 aliphatic heterocycles. The number of alkyl halides is 1. The maximum atomic E-state index is 5.59. The average Bonchev–Trinajstić information content (AvgIpc) is 2.16. The molecule has 0 N–H and O–H groups in total. The topological polar surface area (TPSA) is 0 Å². The molecule has 82 valence electrons. The molecule has 14 heavy (non-hydrogen) atoms. The number of rotatable bonds is 10. The van der Waals surface area contributed by atoms with Crippen LogP contribution in [0.3, 0.4) is 0 Å². The Morgan fingerprint density at radius 2 is 1.00 bits per heavy atom. The quantitative estimate of drug-likeness (QED) is 0.227. The molecule has 0 aromatic rings. The van der Waals surface area contributed by atoms with Crippen molar-refractivity contribution in [1.82, 2.24) is 0 Å². The Labute approximate surface area is 108 Å². The monoisotopic (exact) mass is 267 g/mol. The molecule has 0 aliphatic carbocycles. The van der Waals surface area contributed by atoms with Gasteiger partial charge in [0.15, 0.2) is 0 Å². The maximum absolute atomic E-state index is 5.59. The van der Waals surface area contributed by atoms with Crippen LogP contribution in [-0.4, -0.2) is 5.88 Å². The Morgan fingerprint density at radius 1 is 0.643 bits per heavy atom. The second kappa shape index (κ2) is 16.3. The van der Waals surface area contributed by atoms with Gasteiger partial charge in [-0.1, -0.05) is 51.4 Å². The summed E-state index contributed by atoms with van der Waals surface area (Å²) in [6.45, 7) is 3.84. The minimum Gasteiger partial charge on any atom is -0.343 e. The van der Waals surface area contributed by atoms with Crippen molar-refractivity contribution in [1.29, 1.82) is 0 Å². The SMILES string of the molecule is [CH2-]CCCCCCCCCCCCl.[Zn]. The van der Waals surface area contributed by atoms with Gasteiger partial charge in [0.05, 0.1) is 0 Å². The third-order valence-electron chi connectivity index (χ3n) is 2.38. The molecule has 0 spiro atoms. The number of halogens is 1. The first-order valence-electron chi connectivity index (χ1n) is 5.77. The molecule has 0 atom stereocenters. The summed E-state index contributed by atoms with van der Waals surface area (Å²) in [5.41, 5.74) is 0. The van der Waals surface area contributed by atoms with Crippen molar-refractivity contribution in [2.45, 2.75) is 64.2 Å². The zero-order valence-electron chi connectivity index (χ0n) is 9.57. The smallest absolute Gasteiger partial charge is 0.0223 e. The Morgan fingerprint density at radius 3 is 1.36 bits per heavy atom. The molecule has 0 bridgehead atoms. The standard InChI is InChI=1S/C12H24Cl.Zn/c1-2-3-4-5-6-7-8-9-10-11-12-13;/h1-12H2;/q-1;. The van der Waals surface area contributed by atoms with Gasteiger partial charge in [-0.2, -0.15) is 6.42 Å². The molecule has 0 heterocycles. The molecule has 2 heteroatoms. The summed E-state index contributed by atoms with van der Waals surface area (Å²) in [6.07, 6.45) is 13.3. The molecule has 0 saturated carbocycles. The minimum absolute atomic E-state index is 0. The summed E-state index contributed by atoms with van der Waals surface area (Å²) < 4.78 is 0. The zero-order chi connectivity index (χ0) is 9.78. The van der Waals surface area contributed by atoms with Crippen LogP contribution in [-0.2, 0) is 19.5 Å². The van der Waals surface area contributed by atoms with Crippen LogP contribution >= 0.6 is 11.6 Å². The van der Waals surface area contributed by atoms with Crippen molar-refractivity contribution in [2.75, 3.05) is 5.88 Å². The van der Waals surface area contributed by atoms with Crippen LogP contribution in [0.25, 0.3) is 0 Å². The molecule has 0 saturated heterocycles. The second-order valence-corrected chi connectivity index (χ2v) is 4.10. The van der Waals surface area contributed by atoms with Crippen molar-refractivity contribution >= 4 is 11.6 Å². The van der Waals surface area contributed by atoms with Crippen LogP contribution in [0, 0.1) is 6.92 Å². The van der Waals surface area contributed by atoms with E-state index in [4.69, 9.17) is 11.6 Å². The van der Waals surface area contributed by atoms with Crippen LogP contribution in [0.5, 0.6) is 0 Å². The van der Waals surface area contributed by atoms with Crippen LogP contribution in [0.1, 0.15) is 64.2 Å². The Kier molecular flexibility index (Phi) is 20.2. The molecule has 0 nitrogen and oxygen atoms in total. The first kappa shape index (κ1) is 17.3. The van der Waals surface area contributed by atoms with Gasteiger partial charge in [0.25, 0.3) is 0 Å². The molecule has 0 unspecified atom stereocenters. The van der Waals surface area contributed by atoms with Gasteiger partial charge in [-0.3, -0.25) is 0 Å². The van der Waals surface area contributed by atoms with Crippen molar-refractivity contribution in [3.63, 3.8) is 0 Å². The van der Waals surface area contributed by atoms with Crippen molar-refractivity contribution in [2.24, 2.45) is 0 Å². The van der Waals surface area contributed by atoms with E-state index in [1.165, 1.54) is 57.8 Å². The second-order valence-electron chi connectivity index (χ2n) is 3.72. The zero-order valence-corrected chi connectivity index (χ0v) is 13.3. The first-order chi connectivity index (χ1) is 6.41. The molecule has 0 aromatic carbocycles. The van der Waals surface area contributed by atoms with E-state index < -0.39 is 0 Å². The minimum atomic E-state index is 0. The van der Waals surface area contributed by atoms with Crippen LogP contribution in [0.4, 0.5) is 0 Å². The number of hydrogen-bond acceptors (Lipinski definition) is 0. The van der Waals surface area contributed by atoms with E-state index in [1.54, 1.807) is 0 Å². The molecule has 0 rings (SSSR count). The van der Waals surface area contributed by atoms with Crippen molar-refractivity contribution < 1.29 is 19.5 Å². The molecular weight excluding hydrogens is 245 g/mol. The fourth-order valence-corrected chi connectivity index (χ4v) is 1.70. The van der Waals surface area contributed by atoms with E-state index in [1.807, 2.05) is 0 Å². The predicted octanol–water partition coefficient (Wildman–Crippen LogP) is 4.96. The van der Waals surface area contributed by atoms with Gasteiger partial charge < -0.3 is 6.92 Å². The van der Waals surface area contributed by atoms with E-state index in [-0.39, 0.29) is 19.5 Å². The van der Waals surface area contributed by atoms with Crippen molar-refractivity contribution in [3.8, 4) is 0 Å². The van der Waals surface area contributed by atoms with E-state index in [0.717, 1.165) is 12.3 Å². The summed E-state index contributed by atoms with van der Waals surface area (Å²) in [4.78, 5) is 0. The van der Waals surface area contributed by atoms with Crippen LogP contribution in [0.2, 0.25) is 0 Å². The van der Waals surface area contributed by atoms with E-state index in [9.17, 15) is 0 Å².